The van der Waals surface area contributed by atoms with E-state index in [-0.39, 0.29) is 6.29 Å². The molecule has 3 atom stereocenters. The van der Waals surface area contributed by atoms with Crippen LogP contribution in [-0.4, -0.2) is 46.5 Å². The molecule has 0 aliphatic carbocycles. The topological polar surface area (TPSA) is 104 Å². The van der Waals surface area contributed by atoms with E-state index in [0.717, 1.165) is 0 Å². The van der Waals surface area contributed by atoms with E-state index in [2.05, 4.69) is 0 Å². The molecular weight excluding hydrogens is 138 g/mol. The molecule has 0 aliphatic rings. The van der Waals surface area contributed by atoms with Crippen molar-refractivity contribution in [2.24, 2.45) is 5.73 Å². The minimum atomic E-state index is -1.51. The number of aliphatic hydroxyl groups is 3. The van der Waals surface area contributed by atoms with E-state index in [1.165, 1.54) is 0 Å². The number of hydrogen-bond donors (Lipinski definition) is 4. The lowest BCUT2D eigenvalue weighted by Gasteiger charge is -2.17. The molecule has 0 aromatic heterocycles. The Bertz CT molecular complexity index is 108. The van der Waals surface area contributed by atoms with Gasteiger partial charge in [0.25, 0.3) is 0 Å². The number of hydrogen-bond acceptors (Lipinski definition) is 5. The molecule has 60 valence electrons. The lowest BCUT2D eigenvalue weighted by atomic mass is 10.1. The van der Waals surface area contributed by atoms with Gasteiger partial charge in [-0.1, -0.05) is 0 Å². The molecule has 0 rings (SSSR count). The maximum atomic E-state index is 9.82. The molecule has 0 saturated carbocycles. The summed E-state index contributed by atoms with van der Waals surface area (Å²) < 4.78 is 0. The Morgan fingerprint density at radius 1 is 1.50 bits per heavy atom. The minimum Gasteiger partial charge on any atom is -0.395 e. The highest BCUT2D eigenvalue weighted by molar-refractivity contribution is 5.56. The van der Waals surface area contributed by atoms with Gasteiger partial charge in [0.15, 0.2) is 6.29 Å². The summed E-state index contributed by atoms with van der Waals surface area (Å²) >= 11 is 0. The summed E-state index contributed by atoms with van der Waals surface area (Å²) in [6.45, 7) is -0.466. The van der Waals surface area contributed by atoms with Gasteiger partial charge in [-0.05, 0) is 0 Å². The van der Waals surface area contributed by atoms with E-state index in [1.54, 1.807) is 0 Å². The third kappa shape index (κ3) is 2.40. The van der Waals surface area contributed by atoms with E-state index in [0.29, 0.717) is 0 Å². The normalized spacial score (nSPS) is 19.6. The van der Waals surface area contributed by atoms with Gasteiger partial charge in [-0.15, -0.1) is 0 Å². The van der Waals surface area contributed by atoms with Crippen LogP contribution >= 0.6 is 0 Å². The van der Waals surface area contributed by atoms with Gasteiger partial charge < -0.3 is 25.8 Å². The van der Waals surface area contributed by atoms with Gasteiger partial charge in [0.1, 0.15) is 12.2 Å². The molecule has 0 fully saturated rings. The largest absolute Gasteiger partial charge is 0.395 e. The average Bonchev–Trinajstić information content (AvgIpc) is 2.00. The summed E-state index contributed by atoms with van der Waals surface area (Å²) in [5.41, 5.74) is 5.07. The van der Waals surface area contributed by atoms with Gasteiger partial charge >= 0.3 is 0 Å². The molecule has 5 N–H and O–H groups in total. The fraction of sp³-hybridized carbons (Fsp3) is 0.800. The van der Waals surface area contributed by atoms with Crippen LogP contribution in [0.2, 0.25) is 0 Å². The summed E-state index contributed by atoms with van der Waals surface area (Å²) in [6.07, 6.45) is -2.73. The van der Waals surface area contributed by atoms with Gasteiger partial charge in [-0.2, -0.15) is 0 Å². The van der Waals surface area contributed by atoms with E-state index in [4.69, 9.17) is 21.1 Å². The summed E-state index contributed by atoms with van der Waals surface area (Å²) in [6, 6.07) is -0.972. The maximum Gasteiger partial charge on any atom is 0.151 e. The van der Waals surface area contributed by atoms with Gasteiger partial charge in [0.05, 0.1) is 12.6 Å². The zero-order chi connectivity index (χ0) is 8.15. The molecule has 0 aromatic carbocycles. The van der Waals surface area contributed by atoms with Crippen molar-refractivity contribution in [1.29, 1.82) is 0 Å². The molecule has 0 unspecified atom stereocenters. The standard InChI is InChI=1S/C5H11NO4/c6-3(1-7)5(10)4(9)2-8/h2-5,7,9-10H,1,6H2/t3-,4-,5-/m1/s1. The highest BCUT2D eigenvalue weighted by Crippen LogP contribution is 1.93. The van der Waals surface area contributed by atoms with Crippen molar-refractivity contribution in [3.8, 4) is 0 Å². The Balaban J connectivity index is 3.80. The highest BCUT2D eigenvalue weighted by Gasteiger charge is 2.21. The minimum absolute atomic E-state index is 0.167. The average molecular weight is 149 g/mol. The van der Waals surface area contributed by atoms with Crippen LogP contribution in [0.1, 0.15) is 0 Å². The molecule has 0 aromatic rings. The molecule has 0 amide bonds. The van der Waals surface area contributed by atoms with Gasteiger partial charge in [-0.25, -0.2) is 0 Å². The first kappa shape index (κ1) is 9.51. The molecule has 0 bridgehead atoms. The Morgan fingerprint density at radius 3 is 2.30 bits per heavy atom. The van der Waals surface area contributed by atoms with Crippen LogP contribution in [0.15, 0.2) is 0 Å². The first-order valence-electron chi connectivity index (χ1n) is 2.81. The first-order chi connectivity index (χ1) is 4.63. The number of aldehydes is 1. The van der Waals surface area contributed by atoms with Crippen molar-refractivity contribution < 1.29 is 20.1 Å². The molecule has 10 heavy (non-hydrogen) atoms. The zero-order valence-corrected chi connectivity index (χ0v) is 5.34. The molecule has 0 radical (unpaired) electrons. The smallest absolute Gasteiger partial charge is 0.151 e. The summed E-state index contributed by atoms with van der Waals surface area (Å²) in [7, 11) is 0. The molecule has 0 heterocycles. The van der Waals surface area contributed by atoms with E-state index < -0.39 is 24.9 Å². The summed E-state index contributed by atoms with van der Waals surface area (Å²) in [5.74, 6) is 0. The van der Waals surface area contributed by atoms with Crippen molar-refractivity contribution >= 4 is 6.29 Å². The molecular formula is C5H11NO4. The molecule has 5 nitrogen and oxygen atoms in total. The van der Waals surface area contributed by atoms with Gasteiger partial charge in [-0.3, -0.25) is 0 Å². The van der Waals surface area contributed by atoms with Crippen molar-refractivity contribution in [3.05, 3.63) is 0 Å². The van der Waals surface area contributed by atoms with E-state index >= 15 is 0 Å². The Hall–Kier alpha value is -0.490. The van der Waals surface area contributed by atoms with Crippen LogP contribution in [0.5, 0.6) is 0 Å². The van der Waals surface area contributed by atoms with Crippen LogP contribution in [0.25, 0.3) is 0 Å². The first-order valence-corrected chi connectivity index (χ1v) is 2.81. The predicted octanol–water partition coefficient (Wildman–Crippen LogP) is -2.77. The van der Waals surface area contributed by atoms with Crippen molar-refractivity contribution in [1.82, 2.24) is 0 Å². The van der Waals surface area contributed by atoms with Gasteiger partial charge in [0, 0.05) is 0 Å². The quantitative estimate of drug-likeness (QED) is 0.324. The number of nitrogens with two attached hydrogens (primary N) is 1. The maximum absolute atomic E-state index is 9.82. The van der Waals surface area contributed by atoms with Crippen molar-refractivity contribution in [2.45, 2.75) is 18.2 Å². The Labute approximate surface area is 58.1 Å². The lowest BCUT2D eigenvalue weighted by Crippen LogP contribution is -2.45. The van der Waals surface area contributed by atoms with Crippen LogP contribution in [0.3, 0.4) is 0 Å². The highest BCUT2D eigenvalue weighted by atomic mass is 16.3. The number of aliphatic hydroxyl groups excluding tert-OH is 3. The predicted molar refractivity (Wildman–Crippen MR) is 33.1 cm³/mol. The molecule has 5 heteroatoms. The summed E-state index contributed by atoms with van der Waals surface area (Å²) in [5, 5.41) is 25.8. The van der Waals surface area contributed by atoms with E-state index in [9.17, 15) is 4.79 Å². The van der Waals surface area contributed by atoms with Crippen LogP contribution < -0.4 is 5.73 Å². The van der Waals surface area contributed by atoms with Crippen molar-refractivity contribution in [3.63, 3.8) is 0 Å². The number of carbonyl (C=O) groups excluding carboxylic acids is 1. The van der Waals surface area contributed by atoms with Crippen LogP contribution in [0, 0.1) is 0 Å². The molecule has 0 saturated heterocycles. The Morgan fingerprint density at radius 2 is 2.00 bits per heavy atom. The third-order valence-corrected chi connectivity index (χ3v) is 1.14. The molecule has 0 aliphatic heterocycles. The third-order valence-electron chi connectivity index (χ3n) is 1.14. The number of carbonyl (C=O) groups is 1. The SMILES string of the molecule is N[C@H](CO)[C@@H](O)[C@H](O)C=O. The second-order valence-corrected chi connectivity index (χ2v) is 1.96. The monoisotopic (exact) mass is 149 g/mol. The van der Waals surface area contributed by atoms with Gasteiger partial charge in [0.2, 0.25) is 0 Å². The summed E-state index contributed by atoms with van der Waals surface area (Å²) in [4.78, 5) is 9.82. The second-order valence-electron chi connectivity index (χ2n) is 1.96. The van der Waals surface area contributed by atoms with Crippen molar-refractivity contribution in [2.75, 3.05) is 6.61 Å². The van der Waals surface area contributed by atoms with Crippen LogP contribution in [0.4, 0.5) is 0 Å². The molecule has 0 spiro atoms. The number of rotatable bonds is 4. The van der Waals surface area contributed by atoms with Crippen LogP contribution in [-0.2, 0) is 4.79 Å². The Kier molecular flexibility index (Phi) is 4.13. The van der Waals surface area contributed by atoms with E-state index in [1.807, 2.05) is 0 Å². The fourth-order valence-corrected chi connectivity index (χ4v) is 0.442. The second kappa shape index (κ2) is 4.35. The zero-order valence-electron chi connectivity index (χ0n) is 5.34. The lowest BCUT2D eigenvalue weighted by molar-refractivity contribution is -0.121. The fourth-order valence-electron chi connectivity index (χ4n) is 0.442.